The number of aliphatic hydroxyl groups excluding tert-OH is 1. The number of carbonyl (C=O) groups is 1. The summed E-state index contributed by atoms with van der Waals surface area (Å²) in [6.07, 6.45) is 1.96. The minimum absolute atomic E-state index is 0.0429. The summed E-state index contributed by atoms with van der Waals surface area (Å²) in [6.45, 7) is 3.31. The molecule has 2 rings (SSSR count). The molecule has 4 nitrogen and oxygen atoms in total. The van der Waals surface area contributed by atoms with Crippen molar-refractivity contribution in [1.29, 1.82) is 0 Å². The first-order valence-corrected chi connectivity index (χ1v) is 5.76. The van der Waals surface area contributed by atoms with Crippen molar-refractivity contribution in [2.75, 3.05) is 20.1 Å². The molecule has 2 aliphatic rings. The number of β-amino-alcohol motifs (C(OH)–C–C–N with tert-alkyl or cyclic N) is 1. The number of carbonyl (C=O) groups excluding carboxylic acids is 1. The van der Waals surface area contributed by atoms with Crippen LogP contribution in [0.2, 0.25) is 0 Å². The number of aliphatic hydroxyl groups is 1. The second kappa shape index (κ2) is 4.10. The fraction of sp³-hybridized carbons (Fsp3) is 0.909. The molecule has 2 N–H and O–H groups in total. The van der Waals surface area contributed by atoms with Gasteiger partial charge in [0.15, 0.2) is 0 Å². The number of nitrogens with zero attached hydrogens (tertiary/aromatic N) is 1. The summed E-state index contributed by atoms with van der Waals surface area (Å²) in [6, 6.07) is -0.0429. The average molecular weight is 212 g/mol. The van der Waals surface area contributed by atoms with Crippen LogP contribution in [-0.2, 0) is 4.79 Å². The fourth-order valence-corrected chi connectivity index (χ4v) is 2.33. The quantitative estimate of drug-likeness (QED) is 0.682. The van der Waals surface area contributed by atoms with Crippen molar-refractivity contribution in [3.8, 4) is 0 Å². The van der Waals surface area contributed by atoms with Gasteiger partial charge in [-0.2, -0.15) is 0 Å². The highest BCUT2D eigenvalue weighted by Crippen LogP contribution is 2.37. The normalized spacial score (nSPS) is 32.7. The Labute approximate surface area is 90.6 Å². The van der Waals surface area contributed by atoms with Crippen molar-refractivity contribution < 1.29 is 9.90 Å². The number of amides is 1. The highest BCUT2D eigenvalue weighted by atomic mass is 16.3. The molecular formula is C11H20N2O2. The number of nitrogens with one attached hydrogen (secondary N) is 1. The molecule has 1 saturated carbocycles. The van der Waals surface area contributed by atoms with Crippen molar-refractivity contribution in [1.82, 2.24) is 10.2 Å². The number of likely N-dealkylation sites (N-methyl/N-ethyl adjacent to an activating group) is 1. The predicted octanol–water partition coefficient (Wildman–Crippen LogP) is -0.176. The minimum Gasteiger partial charge on any atom is -0.390 e. The van der Waals surface area contributed by atoms with Gasteiger partial charge in [-0.1, -0.05) is 6.92 Å². The molecule has 4 heteroatoms. The van der Waals surface area contributed by atoms with Crippen LogP contribution < -0.4 is 5.32 Å². The first-order chi connectivity index (χ1) is 7.11. The Bertz CT molecular complexity index is 253. The largest absolute Gasteiger partial charge is 0.390 e. The van der Waals surface area contributed by atoms with E-state index in [0.717, 1.165) is 0 Å². The Morgan fingerprint density at radius 2 is 2.13 bits per heavy atom. The van der Waals surface area contributed by atoms with Gasteiger partial charge in [-0.3, -0.25) is 4.79 Å². The maximum absolute atomic E-state index is 12.0. The van der Waals surface area contributed by atoms with E-state index in [1.807, 2.05) is 14.0 Å². The first-order valence-electron chi connectivity index (χ1n) is 5.76. The summed E-state index contributed by atoms with van der Waals surface area (Å²) < 4.78 is 0. The third-order valence-electron chi connectivity index (χ3n) is 3.71. The summed E-state index contributed by atoms with van der Waals surface area (Å²) in [7, 11) is 1.81. The van der Waals surface area contributed by atoms with Gasteiger partial charge in [0.1, 0.15) is 0 Å². The zero-order chi connectivity index (χ0) is 11.0. The molecule has 0 aromatic rings. The van der Waals surface area contributed by atoms with Gasteiger partial charge in [0.2, 0.25) is 5.91 Å². The van der Waals surface area contributed by atoms with Crippen LogP contribution in [0.25, 0.3) is 0 Å². The summed E-state index contributed by atoms with van der Waals surface area (Å²) in [5.74, 6) is 0.902. The average Bonchev–Trinajstić information content (AvgIpc) is 2.98. The molecule has 15 heavy (non-hydrogen) atoms. The van der Waals surface area contributed by atoms with E-state index in [4.69, 9.17) is 0 Å². The van der Waals surface area contributed by atoms with Crippen LogP contribution in [0.3, 0.4) is 0 Å². The second-order valence-corrected chi connectivity index (χ2v) is 4.87. The van der Waals surface area contributed by atoms with E-state index in [9.17, 15) is 9.90 Å². The first kappa shape index (κ1) is 10.9. The van der Waals surface area contributed by atoms with E-state index < -0.39 is 6.10 Å². The van der Waals surface area contributed by atoms with Gasteiger partial charge in [-0.15, -0.1) is 0 Å². The molecule has 1 amide bonds. The Hall–Kier alpha value is -0.610. The van der Waals surface area contributed by atoms with Crippen molar-refractivity contribution in [3.63, 3.8) is 0 Å². The Kier molecular flexibility index (Phi) is 2.98. The van der Waals surface area contributed by atoms with E-state index in [-0.39, 0.29) is 17.9 Å². The second-order valence-electron chi connectivity index (χ2n) is 4.87. The molecule has 2 fully saturated rings. The van der Waals surface area contributed by atoms with Gasteiger partial charge in [-0.05, 0) is 18.8 Å². The molecule has 1 saturated heterocycles. The number of rotatable bonds is 3. The minimum atomic E-state index is -0.412. The van der Waals surface area contributed by atoms with Crippen molar-refractivity contribution >= 4 is 5.91 Å². The molecule has 1 aliphatic heterocycles. The van der Waals surface area contributed by atoms with Gasteiger partial charge < -0.3 is 15.3 Å². The van der Waals surface area contributed by atoms with Gasteiger partial charge in [0.05, 0.1) is 12.1 Å². The number of hydrogen-bond donors (Lipinski definition) is 2. The van der Waals surface area contributed by atoms with Crippen LogP contribution >= 0.6 is 0 Å². The Morgan fingerprint density at radius 3 is 2.60 bits per heavy atom. The third-order valence-corrected chi connectivity index (χ3v) is 3.71. The summed E-state index contributed by atoms with van der Waals surface area (Å²) in [5.41, 5.74) is 0. The molecule has 1 aliphatic carbocycles. The van der Waals surface area contributed by atoms with E-state index in [2.05, 4.69) is 5.32 Å². The van der Waals surface area contributed by atoms with Crippen molar-refractivity contribution in [2.45, 2.75) is 31.9 Å². The number of hydrogen-bond acceptors (Lipinski definition) is 3. The molecule has 0 radical (unpaired) electrons. The van der Waals surface area contributed by atoms with Crippen LogP contribution in [0.4, 0.5) is 0 Å². The lowest BCUT2D eigenvalue weighted by Crippen LogP contribution is -2.46. The summed E-state index contributed by atoms with van der Waals surface area (Å²) >= 11 is 0. The lowest BCUT2D eigenvalue weighted by atomic mass is 10.0. The predicted molar refractivity (Wildman–Crippen MR) is 57.3 cm³/mol. The van der Waals surface area contributed by atoms with E-state index in [1.54, 1.807) is 4.90 Å². The van der Waals surface area contributed by atoms with Crippen molar-refractivity contribution in [2.24, 2.45) is 11.8 Å². The van der Waals surface area contributed by atoms with Crippen LogP contribution in [0.1, 0.15) is 19.8 Å². The van der Waals surface area contributed by atoms with Gasteiger partial charge in [0.25, 0.3) is 0 Å². The molecule has 1 heterocycles. The molecule has 0 bridgehead atoms. The fourth-order valence-electron chi connectivity index (χ4n) is 2.33. The van der Waals surface area contributed by atoms with Crippen LogP contribution in [0.5, 0.6) is 0 Å². The maximum Gasteiger partial charge on any atom is 0.225 e. The monoisotopic (exact) mass is 212 g/mol. The Balaban J connectivity index is 1.93. The smallest absolute Gasteiger partial charge is 0.225 e. The molecule has 3 atom stereocenters. The highest BCUT2D eigenvalue weighted by molar-refractivity contribution is 5.79. The topological polar surface area (TPSA) is 52.6 Å². The Morgan fingerprint density at radius 1 is 1.47 bits per heavy atom. The molecule has 0 aromatic carbocycles. The van der Waals surface area contributed by atoms with E-state index in [1.165, 1.54) is 12.8 Å². The third kappa shape index (κ3) is 2.16. The van der Waals surface area contributed by atoms with Crippen LogP contribution in [-0.4, -0.2) is 48.2 Å². The van der Waals surface area contributed by atoms with E-state index >= 15 is 0 Å². The zero-order valence-corrected chi connectivity index (χ0v) is 9.44. The highest BCUT2D eigenvalue weighted by Gasteiger charge is 2.38. The van der Waals surface area contributed by atoms with E-state index in [0.29, 0.717) is 19.0 Å². The molecule has 0 spiro atoms. The van der Waals surface area contributed by atoms with Crippen molar-refractivity contribution in [3.05, 3.63) is 0 Å². The zero-order valence-electron chi connectivity index (χ0n) is 9.44. The SMILES string of the molecule is CC(C(=O)N(C)[C@@H]1CNC[C@H]1O)C1CC1. The lowest BCUT2D eigenvalue weighted by Gasteiger charge is -2.29. The maximum atomic E-state index is 12.0. The van der Waals surface area contributed by atoms with Gasteiger partial charge in [-0.25, -0.2) is 0 Å². The molecule has 1 unspecified atom stereocenters. The van der Waals surface area contributed by atoms with Gasteiger partial charge >= 0.3 is 0 Å². The van der Waals surface area contributed by atoms with Gasteiger partial charge in [0, 0.05) is 26.1 Å². The molecule has 86 valence electrons. The lowest BCUT2D eigenvalue weighted by molar-refractivity contribution is -0.137. The molecule has 0 aromatic heterocycles. The standard InChI is InChI=1S/C11H20N2O2/c1-7(8-3-4-8)11(15)13(2)9-5-12-6-10(9)14/h7-10,12,14H,3-6H2,1-2H3/t7?,9-,10-/m1/s1. The molecular weight excluding hydrogens is 192 g/mol. The summed E-state index contributed by atoms with van der Waals surface area (Å²) in [4.78, 5) is 13.8. The summed E-state index contributed by atoms with van der Waals surface area (Å²) in [5, 5.41) is 12.8. The van der Waals surface area contributed by atoms with Crippen LogP contribution in [0, 0.1) is 11.8 Å². The van der Waals surface area contributed by atoms with Crippen LogP contribution in [0.15, 0.2) is 0 Å².